The van der Waals surface area contributed by atoms with E-state index in [-0.39, 0.29) is 10.8 Å². The van der Waals surface area contributed by atoms with Crippen molar-refractivity contribution < 1.29 is 13.2 Å². The normalized spacial score (nSPS) is 11.5. The van der Waals surface area contributed by atoms with Gasteiger partial charge < -0.3 is 5.32 Å². The van der Waals surface area contributed by atoms with E-state index < -0.39 is 15.9 Å². The summed E-state index contributed by atoms with van der Waals surface area (Å²) in [5.74, 6) is 0.189. The molecule has 0 fully saturated rings. The Morgan fingerprint density at radius 1 is 1.50 bits per heavy atom. The van der Waals surface area contributed by atoms with Crippen LogP contribution in [-0.2, 0) is 21.9 Å². The summed E-state index contributed by atoms with van der Waals surface area (Å²) in [5.41, 5.74) is 0. The highest BCUT2D eigenvalue weighted by Crippen LogP contribution is 2.14. The Bertz CT molecular complexity index is 712. The summed E-state index contributed by atoms with van der Waals surface area (Å²) < 4.78 is 27.6. The zero-order chi connectivity index (χ0) is 16.0. The highest BCUT2D eigenvalue weighted by Gasteiger charge is 2.16. The summed E-state index contributed by atoms with van der Waals surface area (Å²) in [7, 11) is -1.89. The van der Waals surface area contributed by atoms with Gasteiger partial charge in [0.05, 0.1) is 6.54 Å². The minimum atomic E-state index is -3.61. The van der Waals surface area contributed by atoms with E-state index in [4.69, 9.17) is 0 Å². The maximum Gasteiger partial charge on any atom is 0.250 e. The zero-order valence-electron chi connectivity index (χ0n) is 11.6. The van der Waals surface area contributed by atoms with Crippen LogP contribution in [-0.4, -0.2) is 53.4 Å². The predicted octanol–water partition coefficient (Wildman–Crippen LogP) is -0.542. The lowest BCUT2D eigenvalue weighted by molar-refractivity contribution is -0.119. The van der Waals surface area contributed by atoms with Crippen LogP contribution in [0.2, 0.25) is 0 Å². The maximum atomic E-state index is 11.8. The van der Waals surface area contributed by atoms with E-state index in [1.54, 1.807) is 18.5 Å². The Morgan fingerprint density at radius 3 is 2.95 bits per heavy atom. The van der Waals surface area contributed by atoms with Crippen LogP contribution in [0.15, 0.2) is 26.9 Å². The Kier molecular flexibility index (Phi) is 5.88. The molecular formula is C10H14N6O3S3. The van der Waals surface area contributed by atoms with E-state index in [0.29, 0.717) is 17.5 Å². The van der Waals surface area contributed by atoms with Gasteiger partial charge in [0.25, 0.3) is 10.0 Å². The van der Waals surface area contributed by atoms with Crippen molar-refractivity contribution in [3.8, 4) is 0 Å². The second-order valence-electron chi connectivity index (χ2n) is 4.04. The zero-order valence-corrected chi connectivity index (χ0v) is 14.0. The van der Waals surface area contributed by atoms with Crippen LogP contribution in [0.25, 0.3) is 0 Å². The SMILES string of the molecule is Cn1nnnc1SCCNC(=O)CNS(=O)(=O)c1cccs1. The molecule has 0 aliphatic heterocycles. The molecule has 0 saturated heterocycles. The summed E-state index contributed by atoms with van der Waals surface area (Å²) in [6.07, 6.45) is 0. The molecule has 2 aromatic rings. The summed E-state index contributed by atoms with van der Waals surface area (Å²) in [6, 6.07) is 3.12. The molecule has 0 bridgehead atoms. The van der Waals surface area contributed by atoms with Crippen molar-refractivity contribution >= 4 is 39.0 Å². The molecule has 0 spiro atoms. The molecule has 0 radical (unpaired) electrons. The van der Waals surface area contributed by atoms with Crippen molar-refractivity contribution in [2.24, 2.45) is 7.05 Å². The predicted molar refractivity (Wildman–Crippen MR) is 82.0 cm³/mol. The van der Waals surface area contributed by atoms with Crippen LogP contribution >= 0.6 is 23.1 Å². The average Bonchev–Trinajstić information content (AvgIpc) is 3.14. The van der Waals surface area contributed by atoms with Gasteiger partial charge in [0.15, 0.2) is 0 Å². The molecule has 9 nitrogen and oxygen atoms in total. The highest BCUT2D eigenvalue weighted by atomic mass is 32.2. The van der Waals surface area contributed by atoms with E-state index >= 15 is 0 Å². The van der Waals surface area contributed by atoms with E-state index in [9.17, 15) is 13.2 Å². The van der Waals surface area contributed by atoms with E-state index in [2.05, 4.69) is 25.6 Å². The van der Waals surface area contributed by atoms with E-state index in [1.807, 2.05) is 0 Å². The number of carbonyl (C=O) groups is 1. The number of hydrogen-bond acceptors (Lipinski definition) is 8. The van der Waals surface area contributed by atoms with Gasteiger partial charge in [-0.2, -0.15) is 0 Å². The molecule has 2 heterocycles. The summed E-state index contributed by atoms with van der Waals surface area (Å²) in [4.78, 5) is 11.6. The third kappa shape index (κ3) is 4.76. The van der Waals surface area contributed by atoms with Crippen LogP contribution in [0, 0.1) is 0 Å². The van der Waals surface area contributed by atoms with Gasteiger partial charge in [-0.15, -0.1) is 16.4 Å². The van der Waals surface area contributed by atoms with Crippen LogP contribution < -0.4 is 10.0 Å². The number of nitrogens with zero attached hydrogens (tertiary/aromatic N) is 4. The Hall–Kier alpha value is -1.50. The van der Waals surface area contributed by atoms with Gasteiger partial charge in [-0.25, -0.2) is 17.8 Å². The highest BCUT2D eigenvalue weighted by molar-refractivity contribution is 7.99. The van der Waals surface area contributed by atoms with Crippen molar-refractivity contribution in [2.75, 3.05) is 18.8 Å². The topological polar surface area (TPSA) is 119 Å². The molecule has 2 rings (SSSR count). The lowest BCUT2D eigenvalue weighted by Crippen LogP contribution is -2.37. The number of thioether (sulfide) groups is 1. The molecule has 0 aliphatic rings. The first-order valence-corrected chi connectivity index (χ1v) is 9.49. The number of hydrogen-bond donors (Lipinski definition) is 2. The molecule has 0 unspecified atom stereocenters. The van der Waals surface area contributed by atoms with Gasteiger partial charge in [-0.05, 0) is 21.9 Å². The number of aromatic nitrogens is 4. The quantitative estimate of drug-likeness (QED) is 0.478. The molecule has 0 aliphatic carbocycles. The fourth-order valence-corrected chi connectivity index (χ4v) is 4.11. The molecule has 0 aromatic carbocycles. The second kappa shape index (κ2) is 7.67. The second-order valence-corrected chi connectivity index (χ2v) is 8.04. The molecule has 2 N–H and O–H groups in total. The van der Waals surface area contributed by atoms with Crippen LogP contribution in [0.3, 0.4) is 0 Å². The molecule has 2 aromatic heterocycles. The van der Waals surface area contributed by atoms with Crippen molar-refractivity contribution in [3.05, 3.63) is 17.5 Å². The van der Waals surface area contributed by atoms with Crippen molar-refractivity contribution in [1.29, 1.82) is 0 Å². The van der Waals surface area contributed by atoms with Gasteiger partial charge in [0.1, 0.15) is 4.21 Å². The van der Waals surface area contributed by atoms with Gasteiger partial charge in [-0.3, -0.25) is 4.79 Å². The number of rotatable bonds is 8. The van der Waals surface area contributed by atoms with E-state index in [1.165, 1.54) is 22.5 Å². The standard InChI is InChI=1S/C10H14N6O3S3/c1-16-10(13-14-15-16)21-6-4-11-8(17)7-12-22(18,19)9-3-2-5-20-9/h2-3,5,12H,4,6-7H2,1H3,(H,11,17). The van der Waals surface area contributed by atoms with E-state index in [0.717, 1.165) is 11.3 Å². The largest absolute Gasteiger partial charge is 0.354 e. The number of amides is 1. The molecule has 12 heteroatoms. The molecule has 22 heavy (non-hydrogen) atoms. The summed E-state index contributed by atoms with van der Waals surface area (Å²) >= 11 is 2.49. The van der Waals surface area contributed by atoms with Crippen LogP contribution in [0.1, 0.15) is 0 Å². The molecule has 120 valence electrons. The first-order valence-electron chi connectivity index (χ1n) is 6.14. The van der Waals surface area contributed by atoms with Gasteiger partial charge in [0, 0.05) is 19.3 Å². The van der Waals surface area contributed by atoms with Crippen molar-refractivity contribution in [1.82, 2.24) is 30.2 Å². The number of carbonyl (C=O) groups excluding carboxylic acids is 1. The fraction of sp³-hybridized carbons (Fsp3) is 0.400. The minimum absolute atomic E-state index is 0.186. The third-order valence-corrected chi connectivity index (χ3v) is 6.23. The third-order valence-electron chi connectivity index (χ3n) is 2.42. The first kappa shape index (κ1) is 16.9. The minimum Gasteiger partial charge on any atom is -0.354 e. The molecule has 0 atom stereocenters. The molecule has 0 saturated carbocycles. The number of tetrazole rings is 1. The summed E-state index contributed by atoms with van der Waals surface area (Å²) in [6.45, 7) is 0.0908. The summed E-state index contributed by atoms with van der Waals surface area (Å²) in [5, 5.41) is 15.9. The number of nitrogens with one attached hydrogen (secondary N) is 2. The van der Waals surface area contributed by atoms with Crippen LogP contribution in [0.5, 0.6) is 0 Å². The molecular weight excluding hydrogens is 348 g/mol. The van der Waals surface area contributed by atoms with Gasteiger partial charge in [0.2, 0.25) is 11.1 Å². The van der Waals surface area contributed by atoms with Gasteiger partial charge >= 0.3 is 0 Å². The molecule has 1 amide bonds. The van der Waals surface area contributed by atoms with Crippen LogP contribution in [0.4, 0.5) is 0 Å². The smallest absolute Gasteiger partial charge is 0.250 e. The Balaban J connectivity index is 1.67. The number of aryl methyl sites for hydroxylation is 1. The number of sulfonamides is 1. The Labute approximate surface area is 135 Å². The monoisotopic (exact) mass is 362 g/mol. The maximum absolute atomic E-state index is 11.8. The van der Waals surface area contributed by atoms with Crippen molar-refractivity contribution in [3.63, 3.8) is 0 Å². The fourth-order valence-electron chi connectivity index (χ4n) is 1.39. The first-order chi connectivity index (χ1) is 10.5. The average molecular weight is 362 g/mol. The lowest BCUT2D eigenvalue weighted by atomic mass is 10.6. The lowest BCUT2D eigenvalue weighted by Gasteiger charge is -2.06. The van der Waals surface area contributed by atoms with Gasteiger partial charge in [-0.1, -0.05) is 17.8 Å². The number of thiophene rings is 1. The van der Waals surface area contributed by atoms with Crippen molar-refractivity contribution in [2.45, 2.75) is 9.37 Å². The Morgan fingerprint density at radius 2 is 2.32 bits per heavy atom.